The molecule has 0 radical (unpaired) electrons. The third kappa shape index (κ3) is 3.86. The van der Waals surface area contributed by atoms with Crippen LogP contribution in [0.25, 0.3) is 0 Å². The summed E-state index contributed by atoms with van der Waals surface area (Å²) in [5.74, 6) is 2.22. The molecule has 1 aromatic rings. The third-order valence-corrected chi connectivity index (χ3v) is 5.11. The maximum atomic E-state index is 12.5. The predicted octanol–water partition coefficient (Wildman–Crippen LogP) is 3.16. The lowest BCUT2D eigenvalue weighted by Crippen LogP contribution is -2.38. The summed E-state index contributed by atoms with van der Waals surface area (Å²) in [6.07, 6.45) is 7.45. The van der Waals surface area contributed by atoms with E-state index in [1.54, 1.807) is 0 Å². The Labute approximate surface area is 137 Å². The van der Waals surface area contributed by atoms with E-state index in [2.05, 4.69) is 5.32 Å². The summed E-state index contributed by atoms with van der Waals surface area (Å²) >= 11 is 0. The molecular formula is C19H25NO3. The van der Waals surface area contributed by atoms with Crippen LogP contribution in [0.1, 0.15) is 48.9 Å². The fourth-order valence-corrected chi connectivity index (χ4v) is 3.46. The minimum absolute atomic E-state index is 0.0383. The SMILES string of the molecule is O=C(NC(C1CC1)C1CC1)c1cccc(OCC2CCCO2)c1. The molecule has 0 spiro atoms. The molecule has 4 heteroatoms. The average Bonchev–Trinajstić information content (AvgIpc) is 3.50. The van der Waals surface area contributed by atoms with Gasteiger partial charge in [-0.1, -0.05) is 6.07 Å². The van der Waals surface area contributed by atoms with Gasteiger partial charge in [0.25, 0.3) is 5.91 Å². The molecule has 1 heterocycles. The number of carbonyl (C=O) groups is 1. The van der Waals surface area contributed by atoms with Gasteiger partial charge in [0.15, 0.2) is 0 Å². The largest absolute Gasteiger partial charge is 0.491 e. The van der Waals surface area contributed by atoms with Crippen molar-refractivity contribution < 1.29 is 14.3 Å². The van der Waals surface area contributed by atoms with E-state index in [0.717, 1.165) is 25.2 Å². The van der Waals surface area contributed by atoms with Crippen molar-refractivity contribution in [3.63, 3.8) is 0 Å². The van der Waals surface area contributed by atoms with Gasteiger partial charge in [-0.3, -0.25) is 4.79 Å². The van der Waals surface area contributed by atoms with Gasteiger partial charge in [0, 0.05) is 18.2 Å². The molecule has 3 aliphatic rings. The molecule has 0 aromatic heterocycles. The predicted molar refractivity (Wildman–Crippen MR) is 87.6 cm³/mol. The molecule has 4 nitrogen and oxygen atoms in total. The Morgan fingerprint density at radius 2 is 2.00 bits per heavy atom. The van der Waals surface area contributed by atoms with E-state index in [1.165, 1.54) is 25.7 Å². The molecule has 1 atom stereocenters. The van der Waals surface area contributed by atoms with E-state index in [1.807, 2.05) is 24.3 Å². The Balaban J connectivity index is 1.35. The Bertz CT molecular complexity index is 547. The summed E-state index contributed by atoms with van der Waals surface area (Å²) in [6, 6.07) is 7.90. The molecule has 1 aromatic carbocycles. The van der Waals surface area contributed by atoms with Crippen LogP contribution >= 0.6 is 0 Å². The van der Waals surface area contributed by atoms with Crippen LogP contribution in [0.4, 0.5) is 0 Å². The van der Waals surface area contributed by atoms with Gasteiger partial charge in [-0.25, -0.2) is 0 Å². The minimum Gasteiger partial charge on any atom is -0.491 e. The summed E-state index contributed by atoms with van der Waals surface area (Å²) in [4.78, 5) is 12.5. The van der Waals surface area contributed by atoms with Gasteiger partial charge in [0.05, 0.1) is 6.10 Å². The molecule has 1 aliphatic heterocycles. The molecule has 1 amide bonds. The van der Waals surface area contributed by atoms with E-state index in [9.17, 15) is 4.79 Å². The smallest absolute Gasteiger partial charge is 0.251 e. The first-order valence-corrected chi connectivity index (χ1v) is 8.95. The van der Waals surface area contributed by atoms with E-state index < -0.39 is 0 Å². The van der Waals surface area contributed by atoms with Gasteiger partial charge < -0.3 is 14.8 Å². The molecule has 23 heavy (non-hydrogen) atoms. The van der Waals surface area contributed by atoms with E-state index >= 15 is 0 Å². The molecule has 4 rings (SSSR count). The normalized spacial score (nSPS) is 24.0. The zero-order chi connectivity index (χ0) is 15.6. The zero-order valence-electron chi connectivity index (χ0n) is 13.5. The van der Waals surface area contributed by atoms with Crippen molar-refractivity contribution >= 4 is 5.91 Å². The van der Waals surface area contributed by atoms with Gasteiger partial charge in [-0.2, -0.15) is 0 Å². The summed E-state index contributed by atoms with van der Waals surface area (Å²) in [6.45, 7) is 1.40. The summed E-state index contributed by atoms with van der Waals surface area (Å²) in [7, 11) is 0. The lowest BCUT2D eigenvalue weighted by atomic mass is 10.1. The number of benzene rings is 1. The van der Waals surface area contributed by atoms with Gasteiger partial charge in [-0.05, 0) is 68.6 Å². The molecular weight excluding hydrogens is 290 g/mol. The number of ether oxygens (including phenoxy) is 2. The summed E-state index contributed by atoms with van der Waals surface area (Å²) in [5, 5.41) is 3.26. The first-order chi connectivity index (χ1) is 11.3. The first-order valence-electron chi connectivity index (χ1n) is 8.95. The van der Waals surface area contributed by atoms with Crippen molar-refractivity contribution in [1.82, 2.24) is 5.32 Å². The number of rotatable bonds is 7. The summed E-state index contributed by atoms with van der Waals surface area (Å²) < 4.78 is 11.4. The maximum Gasteiger partial charge on any atom is 0.251 e. The van der Waals surface area contributed by atoms with Crippen molar-refractivity contribution in [3.8, 4) is 5.75 Å². The second-order valence-electron chi connectivity index (χ2n) is 7.15. The molecule has 3 fully saturated rings. The highest BCUT2D eigenvalue weighted by Gasteiger charge is 2.42. The Hall–Kier alpha value is -1.55. The maximum absolute atomic E-state index is 12.5. The molecule has 0 bridgehead atoms. The van der Waals surface area contributed by atoms with Crippen LogP contribution in [0, 0.1) is 11.8 Å². The van der Waals surface area contributed by atoms with Gasteiger partial charge in [-0.15, -0.1) is 0 Å². The van der Waals surface area contributed by atoms with Crippen LogP contribution in [-0.2, 0) is 4.74 Å². The highest BCUT2D eigenvalue weighted by Crippen LogP contribution is 2.44. The molecule has 2 aliphatic carbocycles. The monoisotopic (exact) mass is 315 g/mol. The van der Waals surface area contributed by atoms with Gasteiger partial charge in [0.2, 0.25) is 0 Å². The van der Waals surface area contributed by atoms with Crippen molar-refractivity contribution in [3.05, 3.63) is 29.8 Å². The van der Waals surface area contributed by atoms with Crippen molar-refractivity contribution in [1.29, 1.82) is 0 Å². The zero-order valence-corrected chi connectivity index (χ0v) is 13.5. The number of carbonyl (C=O) groups excluding carboxylic acids is 1. The van der Waals surface area contributed by atoms with E-state index in [4.69, 9.17) is 9.47 Å². The number of hydrogen-bond donors (Lipinski definition) is 1. The minimum atomic E-state index is 0.0383. The van der Waals surface area contributed by atoms with Gasteiger partial charge in [0.1, 0.15) is 12.4 Å². The van der Waals surface area contributed by atoms with Crippen LogP contribution < -0.4 is 10.1 Å². The lowest BCUT2D eigenvalue weighted by molar-refractivity contribution is 0.0679. The van der Waals surface area contributed by atoms with E-state index in [-0.39, 0.29) is 12.0 Å². The molecule has 1 N–H and O–H groups in total. The quantitative estimate of drug-likeness (QED) is 0.841. The average molecular weight is 315 g/mol. The molecule has 124 valence electrons. The molecule has 1 saturated heterocycles. The second kappa shape index (κ2) is 6.52. The van der Waals surface area contributed by atoms with Gasteiger partial charge >= 0.3 is 0 Å². The number of nitrogens with one attached hydrogen (secondary N) is 1. The Morgan fingerprint density at radius 1 is 1.22 bits per heavy atom. The third-order valence-electron chi connectivity index (χ3n) is 5.11. The molecule has 1 unspecified atom stereocenters. The van der Waals surface area contributed by atoms with Crippen LogP contribution in [-0.4, -0.2) is 31.3 Å². The first kappa shape index (κ1) is 15.0. The Kier molecular flexibility index (Phi) is 4.25. The fraction of sp³-hybridized carbons (Fsp3) is 0.632. The van der Waals surface area contributed by atoms with E-state index in [0.29, 0.717) is 30.0 Å². The van der Waals surface area contributed by atoms with Crippen molar-refractivity contribution in [2.24, 2.45) is 11.8 Å². The molecule has 2 saturated carbocycles. The Morgan fingerprint density at radius 3 is 2.65 bits per heavy atom. The second-order valence-corrected chi connectivity index (χ2v) is 7.15. The topological polar surface area (TPSA) is 47.6 Å². The van der Waals surface area contributed by atoms with Crippen molar-refractivity contribution in [2.45, 2.75) is 50.7 Å². The number of hydrogen-bond acceptors (Lipinski definition) is 3. The highest BCUT2D eigenvalue weighted by molar-refractivity contribution is 5.94. The fourth-order valence-electron chi connectivity index (χ4n) is 3.46. The van der Waals surface area contributed by atoms with Crippen LogP contribution in [0.2, 0.25) is 0 Å². The van der Waals surface area contributed by atoms with Crippen LogP contribution in [0.3, 0.4) is 0 Å². The highest BCUT2D eigenvalue weighted by atomic mass is 16.5. The van der Waals surface area contributed by atoms with Crippen molar-refractivity contribution in [2.75, 3.05) is 13.2 Å². The standard InChI is InChI=1S/C19H25NO3/c21-19(20-18(13-6-7-13)14-8-9-14)15-3-1-4-16(11-15)23-12-17-5-2-10-22-17/h1,3-4,11,13-14,17-18H,2,5-10,12H2,(H,20,21). The van der Waals surface area contributed by atoms with Crippen LogP contribution in [0.15, 0.2) is 24.3 Å². The summed E-state index contributed by atoms with van der Waals surface area (Å²) in [5.41, 5.74) is 0.696. The van der Waals surface area contributed by atoms with Crippen LogP contribution in [0.5, 0.6) is 5.75 Å². The number of amides is 1. The lowest BCUT2D eigenvalue weighted by Gasteiger charge is -2.18.